The number of imidazole rings is 1. The third-order valence-corrected chi connectivity index (χ3v) is 4.25. The molecule has 0 saturated heterocycles. The largest absolute Gasteiger partial charge is 0.356 e. The van der Waals surface area contributed by atoms with E-state index in [-0.39, 0.29) is 24.8 Å². The van der Waals surface area contributed by atoms with Gasteiger partial charge in [0.15, 0.2) is 0 Å². The molecule has 2 heterocycles. The predicted octanol–water partition coefficient (Wildman–Crippen LogP) is 1.31. The fourth-order valence-corrected chi connectivity index (χ4v) is 2.88. The van der Waals surface area contributed by atoms with Crippen molar-refractivity contribution in [3.63, 3.8) is 0 Å². The lowest BCUT2D eigenvalue weighted by Crippen LogP contribution is -2.46. The van der Waals surface area contributed by atoms with Crippen LogP contribution in [-0.2, 0) is 16.1 Å². The number of carbonyl (C=O) groups excluding carboxylic acids is 3. The van der Waals surface area contributed by atoms with Crippen molar-refractivity contribution in [2.75, 3.05) is 13.1 Å². The van der Waals surface area contributed by atoms with Gasteiger partial charge in [-0.25, -0.2) is 9.78 Å². The number of imide groups is 1. The molecule has 1 N–H and O–H groups in total. The standard InChI is InChI=1S/C18H21N5O3/c24-16(20-8-4-10-22-12-9-19-13-22)7-3-11-23-17(25)14-5-1-2-6-15(14)21-18(23)26/h1-2,5-6,9,12-14H,3-4,7-8,10-11H2,(H,20,24). The van der Waals surface area contributed by atoms with E-state index < -0.39 is 11.9 Å². The van der Waals surface area contributed by atoms with E-state index in [9.17, 15) is 14.4 Å². The number of urea groups is 1. The van der Waals surface area contributed by atoms with Gasteiger partial charge in [0.1, 0.15) is 0 Å². The van der Waals surface area contributed by atoms with E-state index in [1.165, 1.54) is 0 Å². The summed E-state index contributed by atoms with van der Waals surface area (Å²) in [6.45, 7) is 1.57. The number of aliphatic imine (C=N–C) groups is 1. The molecule has 0 aromatic carbocycles. The van der Waals surface area contributed by atoms with Crippen LogP contribution in [0.1, 0.15) is 19.3 Å². The number of amides is 4. The van der Waals surface area contributed by atoms with Crippen molar-refractivity contribution < 1.29 is 14.4 Å². The number of carbonyl (C=O) groups is 3. The number of hydrogen-bond acceptors (Lipinski definition) is 4. The Bertz CT molecular complexity index is 764. The van der Waals surface area contributed by atoms with Gasteiger partial charge in [-0.3, -0.25) is 14.5 Å². The van der Waals surface area contributed by atoms with Gasteiger partial charge < -0.3 is 9.88 Å². The van der Waals surface area contributed by atoms with E-state index in [0.717, 1.165) is 17.9 Å². The topological polar surface area (TPSA) is 96.7 Å². The summed E-state index contributed by atoms with van der Waals surface area (Å²) in [5, 5.41) is 2.84. The summed E-state index contributed by atoms with van der Waals surface area (Å²) >= 11 is 0. The van der Waals surface area contributed by atoms with Gasteiger partial charge in [0.2, 0.25) is 11.8 Å². The Morgan fingerprint density at radius 1 is 1.19 bits per heavy atom. The summed E-state index contributed by atoms with van der Waals surface area (Å²) in [5.41, 5.74) is 0.481. The maximum absolute atomic E-state index is 12.4. The zero-order valence-electron chi connectivity index (χ0n) is 14.4. The summed E-state index contributed by atoms with van der Waals surface area (Å²) in [5.74, 6) is -0.853. The van der Waals surface area contributed by atoms with Gasteiger partial charge in [-0.1, -0.05) is 18.2 Å². The molecule has 0 saturated carbocycles. The second kappa shape index (κ2) is 8.37. The average Bonchev–Trinajstić information content (AvgIpc) is 3.15. The maximum atomic E-state index is 12.4. The molecule has 0 bridgehead atoms. The minimum Gasteiger partial charge on any atom is -0.356 e. The van der Waals surface area contributed by atoms with Crippen molar-refractivity contribution in [1.29, 1.82) is 0 Å². The van der Waals surface area contributed by atoms with Gasteiger partial charge in [-0.15, -0.1) is 0 Å². The smallest absolute Gasteiger partial charge is 0.350 e. The number of nitrogens with one attached hydrogen (secondary N) is 1. The minimum atomic E-state index is -0.554. The van der Waals surface area contributed by atoms with E-state index in [2.05, 4.69) is 15.3 Å². The Kier molecular flexibility index (Phi) is 5.73. The van der Waals surface area contributed by atoms with Crippen LogP contribution in [0.25, 0.3) is 0 Å². The number of allylic oxidation sites excluding steroid dienone is 3. The molecule has 1 aromatic rings. The Hall–Kier alpha value is -3.03. The van der Waals surface area contributed by atoms with Crippen LogP contribution in [0.2, 0.25) is 0 Å². The SMILES string of the molecule is O=C(CCCN1C(=O)N=C2C=CC=CC2C1=O)NCCCn1ccnc1. The van der Waals surface area contributed by atoms with Crippen LogP contribution in [0.3, 0.4) is 0 Å². The molecule has 1 aliphatic heterocycles. The van der Waals surface area contributed by atoms with Gasteiger partial charge >= 0.3 is 6.03 Å². The van der Waals surface area contributed by atoms with E-state index >= 15 is 0 Å². The summed E-state index contributed by atoms with van der Waals surface area (Å²) in [4.78, 5) is 45.3. The van der Waals surface area contributed by atoms with Crippen LogP contribution < -0.4 is 5.32 Å². The van der Waals surface area contributed by atoms with Gasteiger partial charge in [0, 0.05) is 38.4 Å². The number of hydrogen-bond donors (Lipinski definition) is 1. The quantitative estimate of drug-likeness (QED) is 0.711. The van der Waals surface area contributed by atoms with E-state index in [1.807, 2.05) is 10.8 Å². The highest BCUT2D eigenvalue weighted by Gasteiger charge is 2.35. The first kappa shape index (κ1) is 17.8. The molecule has 1 atom stereocenters. The Morgan fingerprint density at radius 2 is 2.08 bits per heavy atom. The van der Waals surface area contributed by atoms with Crippen molar-refractivity contribution in [3.8, 4) is 0 Å². The lowest BCUT2D eigenvalue weighted by molar-refractivity contribution is -0.130. The van der Waals surface area contributed by atoms with Gasteiger partial charge in [0.25, 0.3) is 0 Å². The number of fused-ring (bicyclic) bond motifs is 1. The van der Waals surface area contributed by atoms with Crippen molar-refractivity contribution in [2.24, 2.45) is 10.9 Å². The van der Waals surface area contributed by atoms with E-state index in [0.29, 0.717) is 18.7 Å². The van der Waals surface area contributed by atoms with Gasteiger partial charge in [0.05, 0.1) is 18.0 Å². The summed E-state index contributed by atoms with van der Waals surface area (Å²) in [7, 11) is 0. The molecule has 136 valence electrons. The molecule has 1 aromatic heterocycles. The first-order valence-electron chi connectivity index (χ1n) is 8.66. The number of aryl methyl sites for hydroxylation is 1. The van der Waals surface area contributed by atoms with E-state index in [4.69, 9.17) is 0 Å². The van der Waals surface area contributed by atoms with Crippen molar-refractivity contribution in [1.82, 2.24) is 19.8 Å². The molecule has 0 spiro atoms. The van der Waals surface area contributed by atoms with Crippen LogP contribution in [0.4, 0.5) is 4.79 Å². The maximum Gasteiger partial charge on any atom is 0.350 e. The van der Waals surface area contributed by atoms with Crippen LogP contribution >= 0.6 is 0 Å². The van der Waals surface area contributed by atoms with Gasteiger partial charge in [-0.05, 0) is 18.9 Å². The van der Waals surface area contributed by atoms with Crippen molar-refractivity contribution >= 4 is 23.6 Å². The normalized spacial score (nSPS) is 18.7. The van der Waals surface area contributed by atoms with Crippen molar-refractivity contribution in [3.05, 3.63) is 43.0 Å². The van der Waals surface area contributed by atoms with E-state index in [1.54, 1.807) is 36.8 Å². The molecule has 0 radical (unpaired) electrons. The van der Waals surface area contributed by atoms with Gasteiger partial charge in [-0.2, -0.15) is 4.99 Å². The number of aromatic nitrogens is 2. The second-order valence-corrected chi connectivity index (χ2v) is 6.14. The predicted molar refractivity (Wildman–Crippen MR) is 95.4 cm³/mol. The Labute approximate surface area is 151 Å². The molecular formula is C18H21N5O3. The third kappa shape index (κ3) is 4.33. The monoisotopic (exact) mass is 355 g/mol. The highest BCUT2D eigenvalue weighted by Crippen LogP contribution is 2.19. The second-order valence-electron chi connectivity index (χ2n) is 6.14. The highest BCUT2D eigenvalue weighted by atomic mass is 16.2. The van der Waals surface area contributed by atoms with Crippen LogP contribution in [0, 0.1) is 5.92 Å². The fourth-order valence-electron chi connectivity index (χ4n) is 2.88. The zero-order chi connectivity index (χ0) is 18.4. The van der Waals surface area contributed by atoms with Crippen molar-refractivity contribution in [2.45, 2.75) is 25.8 Å². The Morgan fingerprint density at radius 3 is 2.88 bits per heavy atom. The molecular weight excluding hydrogens is 334 g/mol. The number of nitrogens with zero attached hydrogens (tertiary/aromatic N) is 4. The summed E-state index contributed by atoms with van der Waals surface area (Å²) in [6, 6.07) is -0.554. The lowest BCUT2D eigenvalue weighted by atomic mass is 9.95. The number of rotatable bonds is 8. The summed E-state index contributed by atoms with van der Waals surface area (Å²) < 4.78 is 1.95. The fraction of sp³-hybridized carbons (Fsp3) is 0.389. The molecule has 1 unspecified atom stereocenters. The molecule has 8 heteroatoms. The molecule has 3 rings (SSSR count). The van der Waals surface area contributed by atoms with Crippen LogP contribution in [-0.4, -0.2) is 51.1 Å². The third-order valence-electron chi connectivity index (χ3n) is 4.25. The highest BCUT2D eigenvalue weighted by molar-refractivity contribution is 6.21. The first-order valence-corrected chi connectivity index (χ1v) is 8.66. The summed E-state index contributed by atoms with van der Waals surface area (Å²) in [6.07, 6.45) is 13.7. The van der Waals surface area contributed by atoms with Crippen LogP contribution in [0.15, 0.2) is 48.0 Å². The molecule has 8 nitrogen and oxygen atoms in total. The molecule has 1 aliphatic carbocycles. The molecule has 0 fully saturated rings. The van der Waals surface area contributed by atoms with Crippen LogP contribution in [0.5, 0.6) is 0 Å². The molecule has 2 aliphatic rings. The minimum absolute atomic E-state index is 0.0859. The zero-order valence-corrected chi connectivity index (χ0v) is 14.4. The Balaban J connectivity index is 1.37. The molecule has 26 heavy (non-hydrogen) atoms. The first-order chi connectivity index (χ1) is 12.6. The average molecular weight is 355 g/mol. The molecule has 4 amide bonds. The lowest BCUT2D eigenvalue weighted by Gasteiger charge is -2.28.